The molecule has 1 atom stereocenters. The van der Waals surface area contributed by atoms with Gasteiger partial charge in [0.15, 0.2) is 0 Å². The summed E-state index contributed by atoms with van der Waals surface area (Å²) in [6.45, 7) is 6.66. The molecule has 0 radical (unpaired) electrons. The van der Waals surface area contributed by atoms with Crippen LogP contribution in [0.3, 0.4) is 0 Å². The molecule has 0 aromatic heterocycles. The molecule has 1 heterocycles. The summed E-state index contributed by atoms with van der Waals surface area (Å²) in [5, 5.41) is 2.85. The molecule has 1 aliphatic heterocycles. The van der Waals surface area contributed by atoms with Gasteiger partial charge in [-0.2, -0.15) is 4.31 Å². The second-order valence-electron chi connectivity index (χ2n) is 7.37. The summed E-state index contributed by atoms with van der Waals surface area (Å²) in [7, 11) is -2.21. The zero-order valence-corrected chi connectivity index (χ0v) is 17.6. The summed E-state index contributed by atoms with van der Waals surface area (Å²) >= 11 is 0. The van der Waals surface area contributed by atoms with E-state index < -0.39 is 10.0 Å². The molecule has 1 aliphatic rings. The maximum atomic E-state index is 12.5. The fraction of sp³-hybridized carbons (Fsp3) is 0.650. The number of hydrogen-bond acceptors (Lipinski definition) is 4. The number of amides is 1. The topological polar surface area (TPSA) is 69.7 Å². The van der Waals surface area contributed by atoms with Gasteiger partial charge in [-0.15, -0.1) is 0 Å². The number of sulfonamides is 1. The fourth-order valence-corrected chi connectivity index (χ4v) is 4.69. The predicted molar refractivity (Wildman–Crippen MR) is 108 cm³/mol. The van der Waals surface area contributed by atoms with Crippen LogP contribution >= 0.6 is 0 Å². The van der Waals surface area contributed by atoms with Gasteiger partial charge in [0.2, 0.25) is 15.9 Å². The Balaban J connectivity index is 1.75. The Hall–Kier alpha value is -1.44. The number of nitrogens with zero attached hydrogens (tertiary/aromatic N) is 2. The molecule has 2 rings (SSSR count). The van der Waals surface area contributed by atoms with Crippen LogP contribution in [0.15, 0.2) is 29.2 Å². The summed E-state index contributed by atoms with van der Waals surface area (Å²) in [5.41, 5.74) is 0.994. The van der Waals surface area contributed by atoms with Crippen molar-refractivity contribution in [1.29, 1.82) is 0 Å². The van der Waals surface area contributed by atoms with Gasteiger partial charge in [-0.05, 0) is 51.3 Å². The van der Waals surface area contributed by atoms with Crippen molar-refractivity contribution in [3.63, 3.8) is 0 Å². The number of hydrogen-bond donors (Lipinski definition) is 1. The summed E-state index contributed by atoms with van der Waals surface area (Å²) in [6, 6.07) is 7.32. The molecule has 1 aromatic carbocycles. The van der Waals surface area contributed by atoms with Crippen molar-refractivity contribution >= 4 is 15.9 Å². The lowest BCUT2D eigenvalue weighted by atomic mass is 10.00. The van der Waals surface area contributed by atoms with Crippen molar-refractivity contribution in [1.82, 2.24) is 14.5 Å². The number of rotatable bonds is 9. The average Bonchev–Trinajstić information content (AvgIpc) is 2.65. The molecule has 7 heteroatoms. The first-order valence-electron chi connectivity index (χ1n) is 9.88. The van der Waals surface area contributed by atoms with Crippen molar-refractivity contribution in [2.75, 3.05) is 33.2 Å². The molecule has 1 saturated heterocycles. The smallest absolute Gasteiger partial charge is 0.243 e. The second kappa shape index (κ2) is 10.2. The van der Waals surface area contributed by atoms with Crippen molar-refractivity contribution in [2.24, 2.45) is 0 Å². The number of piperidine rings is 1. The van der Waals surface area contributed by atoms with E-state index in [0.29, 0.717) is 12.6 Å². The molecule has 27 heavy (non-hydrogen) atoms. The predicted octanol–water partition coefficient (Wildman–Crippen LogP) is 2.39. The van der Waals surface area contributed by atoms with Crippen molar-refractivity contribution in [3.05, 3.63) is 29.8 Å². The highest BCUT2D eigenvalue weighted by Gasteiger charge is 2.23. The molecule has 6 nitrogen and oxygen atoms in total. The quantitative estimate of drug-likeness (QED) is 0.652. The zero-order valence-electron chi connectivity index (χ0n) is 16.8. The summed E-state index contributed by atoms with van der Waals surface area (Å²) < 4.78 is 26.1. The van der Waals surface area contributed by atoms with Gasteiger partial charge in [-0.25, -0.2) is 8.42 Å². The molecule has 0 saturated carbocycles. The zero-order chi connectivity index (χ0) is 19.9. The third-order valence-electron chi connectivity index (χ3n) is 5.26. The van der Waals surface area contributed by atoms with Crippen LogP contribution in [0.25, 0.3) is 0 Å². The van der Waals surface area contributed by atoms with Crippen LogP contribution in [0.5, 0.6) is 0 Å². The van der Waals surface area contributed by atoms with Crippen LogP contribution in [0, 0.1) is 6.92 Å². The molecule has 0 bridgehead atoms. The van der Waals surface area contributed by atoms with Crippen LogP contribution < -0.4 is 5.32 Å². The second-order valence-corrected chi connectivity index (χ2v) is 9.42. The van der Waals surface area contributed by atoms with Crippen LogP contribution in [0.1, 0.15) is 44.6 Å². The van der Waals surface area contributed by atoms with Crippen molar-refractivity contribution in [2.45, 2.75) is 56.9 Å². The molecule has 1 aromatic rings. The maximum absolute atomic E-state index is 12.5. The van der Waals surface area contributed by atoms with E-state index in [1.165, 1.54) is 32.7 Å². The molecular weight excluding hydrogens is 362 g/mol. The van der Waals surface area contributed by atoms with Gasteiger partial charge in [0.05, 0.1) is 11.4 Å². The molecule has 0 spiro atoms. The minimum absolute atomic E-state index is 0.169. The third kappa shape index (κ3) is 6.30. The van der Waals surface area contributed by atoms with Crippen LogP contribution in [-0.4, -0.2) is 62.8 Å². The SMILES string of the molecule is CC[C@H]1CCCCN1CCCNC(=O)CN(C)S(=O)(=O)c1ccc(C)cc1. The lowest BCUT2D eigenvalue weighted by molar-refractivity contribution is -0.121. The largest absolute Gasteiger partial charge is 0.355 e. The lowest BCUT2D eigenvalue weighted by Crippen LogP contribution is -2.42. The van der Waals surface area contributed by atoms with Gasteiger partial charge in [0, 0.05) is 26.2 Å². The summed E-state index contributed by atoms with van der Waals surface area (Å²) in [4.78, 5) is 14.9. The standard InChI is InChI=1S/C20H33N3O3S/c1-4-18-8-5-6-14-23(18)15-7-13-21-20(24)16-22(3)27(25,26)19-11-9-17(2)10-12-19/h9-12,18H,4-8,13-16H2,1-3H3,(H,21,24)/t18-/m0/s1. The highest BCUT2D eigenvalue weighted by atomic mass is 32.2. The number of carbonyl (C=O) groups excluding carboxylic acids is 1. The first-order chi connectivity index (χ1) is 12.8. The Kier molecular flexibility index (Phi) is 8.26. The van der Waals surface area contributed by atoms with E-state index in [0.717, 1.165) is 29.4 Å². The monoisotopic (exact) mass is 395 g/mol. The number of aryl methyl sites for hydroxylation is 1. The number of likely N-dealkylation sites (N-methyl/N-ethyl adjacent to an activating group) is 1. The summed E-state index contributed by atoms with van der Waals surface area (Å²) in [5.74, 6) is -0.265. The Morgan fingerprint density at radius 3 is 2.63 bits per heavy atom. The molecule has 152 valence electrons. The Morgan fingerprint density at radius 1 is 1.26 bits per heavy atom. The molecular formula is C20H33N3O3S. The van der Waals surface area contributed by atoms with Gasteiger partial charge < -0.3 is 10.2 Å². The number of carbonyl (C=O) groups is 1. The minimum Gasteiger partial charge on any atom is -0.355 e. The maximum Gasteiger partial charge on any atom is 0.243 e. The van der Waals surface area contributed by atoms with E-state index in [1.807, 2.05) is 6.92 Å². The van der Waals surface area contributed by atoms with Crippen molar-refractivity contribution < 1.29 is 13.2 Å². The van der Waals surface area contributed by atoms with Gasteiger partial charge in [0.25, 0.3) is 0 Å². The Morgan fingerprint density at radius 2 is 1.96 bits per heavy atom. The highest BCUT2D eigenvalue weighted by Crippen LogP contribution is 2.19. The fourth-order valence-electron chi connectivity index (χ4n) is 3.56. The highest BCUT2D eigenvalue weighted by molar-refractivity contribution is 7.89. The number of likely N-dealkylation sites (tertiary alicyclic amines) is 1. The third-order valence-corrected chi connectivity index (χ3v) is 7.08. The first-order valence-corrected chi connectivity index (χ1v) is 11.3. The minimum atomic E-state index is -3.64. The van der Waals surface area contributed by atoms with Crippen LogP contribution in [0.2, 0.25) is 0 Å². The average molecular weight is 396 g/mol. The van der Waals surface area contributed by atoms with E-state index in [2.05, 4.69) is 17.1 Å². The van der Waals surface area contributed by atoms with Crippen molar-refractivity contribution in [3.8, 4) is 0 Å². The molecule has 1 fully saturated rings. The number of nitrogens with one attached hydrogen (secondary N) is 1. The van der Waals surface area contributed by atoms with E-state index in [9.17, 15) is 13.2 Å². The van der Waals surface area contributed by atoms with Gasteiger partial charge in [-0.3, -0.25) is 4.79 Å². The Bertz CT molecular complexity index is 704. The van der Waals surface area contributed by atoms with Gasteiger partial charge in [0.1, 0.15) is 0 Å². The van der Waals surface area contributed by atoms with E-state index in [1.54, 1.807) is 24.3 Å². The molecule has 0 aliphatic carbocycles. The first kappa shape index (κ1) is 21.9. The van der Waals surface area contributed by atoms with Gasteiger partial charge >= 0.3 is 0 Å². The summed E-state index contributed by atoms with van der Waals surface area (Å²) in [6.07, 6.45) is 5.90. The van der Waals surface area contributed by atoms with E-state index in [4.69, 9.17) is 0 Å². The molecule has 1 amide bonds. The van der Waals surface area contributed by atoms with Gasteiger partial charge in [-0.1, -0.05) is 31.0 Å². The van der Waals surface area contributed by atoms with E-state index >= 15 is 0 Å². The lowest BCUT2D eigenvalue weighted by Gasteiger charge is -2.35. The van der Waals surface area contributed by atoms with E-state index in [-0.39, 0.29) is 17.3 Å². The number of benzene rings is 1. The Labute approximate surface area is 164 Å². The van der Waals surface area contributed by atoms with Crippen LogP contribution in [-0.2, 0) is 14.8 Å². The molecule has 0 unspecified atom stereocenters. The van der Waals surface area contributed by atoms with Crippen LogP contribution in [0.4, 0.5) is 0 Å². The molecule has 1 N–H and O–H groups in total. The normalized spacial score (nSPS) is 18.6.